The number of hydrogen-bond acceptors (Lipinski definition) is 5. The minimum Gasteiger partial charge on any atom is -0.264 e. The fourth-order valence-electron chi connectivity index (χ4n) is 1.69. The lowest BCUT2D eigenvalue weighted by atomic mass is 9.94. The van der Waals surface area contributed by atoms with Crippen molar-refractivity contribution in [1.82, 2.24) is 0 Å². The first-order valence-corrected chi connectivity index (χ1v) is 7.43. The first-order valence-electron chi connectivity index (χ1n) is 6.06. The molecular formula is C12H16FNO6S. The number of halogens is 1. The maximum absolute atomic E-state index is 13.1. The summed E-state index contributed by atoms with van der Waals surface area (Å²) in [5, 5.41) is 11.1. The maximum Gasteiger partial charge on any atom is 0.397 e. The average Bonchev–Trinajstić information content (AvgIpc) is 2.40. The Bertz CT molecular complexity index is 588. The molecule has 0 radical (unpaired) electrons. The van der Waals surface area contributed by atoms with Crippen LogP contribution in [0.2, 0.25) is 0 Å². The third kappa shape index (κ3) is 5.37. The Hall–Kier alpha value is -1.58. The van der Waals surface area contributed by atoms with Crippen LogP contribution in [0.1, 0.15) is 17.5 Å². The summed E-state index contributed by atoms with van der Waals surface area (Å²) >= 11 is 0. The number of nitro groups is 1. The van der Waals surface area contributed by atoms with Gasteiger partial charge in [0.1, 0.15) is 6.61 Å². The van der Waals surface area contributed by atoms with Crippen molar-refractivity contribution >= 4 is 10.4 Å². The second kappa shape index (κ2) is 6.92. The van der Waals surface area contributed by atoms with Crippen molar-refractivity contribution in [2.24, 2.45) is 0 Å². The Balaban J connectivity index is 2.82. The molecule has 0 aliphatic rings. The van der Waals surface area contributed by atoms with Crippen LogP contribution in [-0.2, 0) is 21.0 Å². The lowest BCUT2D eigenvalue weighted by Gasteiger charge is -2.21. The normalized spacial score (nSPS) is 14.6. The first kappa shape index (κ1) is 17.5. The molecule has 0 bridgehead atoms. The van der Waals surface area contributed by atoms with E-state index in [-0.39, 0.29) is 12.8 Å². The molecule has 0 saturated carbocycles. The number of rotatable bonds is 8. The molecule has 1 aromatic rings. The smallest absolute Gasteiger partial charge is 0.264 e. The van der Waals surface area contributed by atoms with Crippen molar-refractivity contribution in [3.63, 3.8) is 0 Å². The van der Waals surface area contributed by atoms with Gasteiger partial charge in [0, 0.05) is 11.3 Å². The molecule has 0 fully saturated rings. The maximum atomic E-state index is 13.1. The van der Waals surface area contributed by atoms with Crippen LogP contribution in [0.5, 0.6) is 0 Å². The molecule has 0 amide bonds. The van der Waals surface area contributed by atoms with E-state index < -0.39 is 34.1 Å². The van der Waals surface area contributed by atoms with Gasteiger partial charge in [-0.2, -0.15) is 8.42 Å². The monoisotopic (exact) mass is 321 g/mol. The third-order valence-corrected chi connectivity index (χ3v) is 3.53. The molecule has 9 heteroatoms. The lowest BCUT2D eigenvalue weighted by molar-refractivity contribution is -0.574. The summed E-state index contributed by atoms with van der Waals surface area (Å²) in [4.78, 5) is 10.1. The molecule has 0 spiro atoms. The van der Waals surface area contributed by atoms with Crippen LogP contribution in [0.25, 0.3) is 0 Å². The highest BCUT2D eigenvalue weighted by Crippen LogP contribution is 2.21. The largest absolute Gasteiger partial charge is 0.397 e. The number of hydrogen-bond donors (Lipinski definition) is 1. The quantitative estimate of drug-likeness (QED) is 0.444. The van der Waals surface area contributed by atoms with E-state index in [9.17, 15) is 22.9 Å². The number of nitrogens with zero attached hydrogens (tertiary/aromatic N) is 1. The van der Waals surface area contributed by atoms with Crippen molar-refractivity contribution in [2.45, 2.75) is 25.3 Å². The Morgan fingerprint density at radius 1 is 1.38 bits per heavy atom. The highest BCUT2D eigenvalue weighted by molar-refractivity contribution is 7.80. The van der Waals surface area contributed by atoms with E-state index in [1.54, 1.807) is 12.1 Å². The van der Waals surface area contributed by atoms with E-state index in [0.717, 1.165) is 11.1 Å². The summed E-state index contributed by atoms with van der Waals surface area (Å²) in [7, 11) is -4.86. The Morgan fingerprint density at radius 2 is 1.95 bits per heavy atom. The number of benzene rings is 1. The molecule has 1 rings (SSSR count). The van der Waals surface area contributed by atoms with Crippen LogP contribution in [0, 0.1) is 17.0 Å². The second-order valence-electron chi connectivity index (χ2n) is 4.79. The third-order valence-electron chi connectivity index (χ3n) is 3.11. The molecule has 0 aliphatic carbocycles. The van der Waals surface area contributed by atoms with Crippen LogP contribution in [-0.4, -0.2) is 36.7 Å². The SMILES string of the molecule is Cc1ccc(CCC(CF)(COS(=O)(=O)O)[N+](=O)[O-])cc1. The van der Waals surface area contributed by atoms with Gasteiger partial charge < -0.3 is 0 Å². The van der Waals surface area contributed by atoms with Crippen molar-refractivity contribution in [2.75, 3.05) is 13.3 Å². The van der Waals surface area contributed by atoms with Crippen LogP contribution in [0.15, 0.2) is 24.3 Å². The van der Waals surface area contributed by atoms with Crippen molar-refractivity contribution in [3.05, 3.63) is 45.5 Å². The molecule has 0 heterocycles. The highest BCUT2D eigenvalue weighted by Gasteiger charge is 2.44. The zero-order valence-electron chi connectivity index (χ0n) is 11.4. The van der Waals surface area contributed by atoms with Crippen LogP contribution in [0.3, 0.4) is 0 Å². The molecule has 118 valence electrons. The Kier molecular flexibility index (Phi) is 5.76. The van der Waals surface area contributed by atoms with E-state index in [1.807, 2.05) is 19.1 Å². The Labute approximate surface area is 121 Å². The highest BCUT2D eigenvalue weighted by atomic mass is 32.3. The summed E-state index contributed by atoms with van der Waals surface area (Å²) in [5.41, 5.74) is -0.438. The second-order valence-corrected chi connectivity index (χ2v) is 5.88. The van der Waals surface area contributed by atoms with Gasteiger partial charge in [-0.25, -0.2) is 8.57 Å². The van der Waals surface area contributed by atoms with Crippen molar-refractivity contribution in [1.29, 1.82) is 0 Å². The molecule has 0 aromatic heterocycles. The van der Waals surface area contributed by atoms with E-state index in [4.69, 9.17) is 4.55 Å². The average molecular weight is 321 g/mol. The molecule has 1 atom stereocenters. The standard InChI is InChI=1S/C12H16FNO6S/c1-10-2-4-11(5-3-10)6-7-12(8-13,14(15)16)9-20-21(17,18)19/h2-5H,6-9H2,1H3,(H,17,18,19). The topological polar surface area (TPSA) is 107 Å². The van der Waals surface area contributed by atoms with Gasteiger partial charge in [-0.1, -0.05) is 29.8 Å². The summed E-state index contributed by atoms with van der Waals surface area (Å²) < 4.78 is 46.6. The molecule has 21 heavy (non-hydrogen) atoms. The predicted molar refractivity (Wildman–Crippen MR) is 72.7 cm³/mol. The van der Waals surface area contributed by atoms with Crippen LogP contribution in [0.4, 0.5) is 4.39 Å². The van der Waals surface area contributed by atoms with Crippen molar-refractivity contribution < 1.29 is 26.5 Å². The van der Waals surface area contributed by atoms with Gasteiger partial charge in [0.25, 0.3) is 5.54 Å². The number of alkyl halides is 1. The van der Waals surface area contributed by atoms with Gasteiger partial charge in [-0.05, 0) is 18.9 Å². The lowest BCUT2D eigenvalue weighted by Crippen LogP contribution is -2.46. The van der Waals surface area contributed by atoms with Gasteiger partial charge >= 0.3 is 10.4 Å². The van der Waals surface area contributed by atoms with Gasteiger partial charge in [-0.15, -0.1) is 0 Å². The summed E-state index contributed by atoms with van der Waals surface area (Å²) in [5.74, 6) is 0. The summed E-state index contributed by atoms with van der Waals surface area (Å²) in [6.07, 6.45) is -0.0743. The van der Waals surface area contributed by atoms with E-state index in [2.05, 4.69) is 4.18 Å². The van der Waals surface area contributed by atoms with Crippen molar-refractivity contribution in [3.8, 4) is 0 Å². The van der Waals surface area contributed by atoms with E-state index >= 15 is 0 Å². The van der Waals surface area contributed by atoms with E-state index in [1.165, 1.54) is 0 Å². The first-order chi connectivity index (χ1) is 9.68. The zero-order valence-corrected chi connectivity index (χ0v) is 12.2. The minimum atomic E-state index is -4.86. The molecular weight excluding hydrogens is 305 g/mol. The fraction of sp³-hybridized carbons (Fsp3) is 0.500. The van der Waals surface area contributed by atoms with Gasteiger partial charge in [-0.3, -0.25) is 14.7 Å². The Morgan fingerprint density at radius 3 is 2.38 bits per heavy atom. The predicted octanol–water partition coefficient (Wildman–Crippen LogP) is 1.73. The van der Waals surface area contributed by atoms with Gasteiger partial charge in [0.15, 0.2) is 6.67 Å². The van der Waals surface area contributed by atoms with Gasteiger partial charge in [0.2, 0.25) is 0 Å². The molecule has 1 N–H and O–H groups in total. The molecule has 1 unspecified atom stereocenters. The van der Waals surface area contributed by atoms with Crippen LogP contribution < -0.4 is 0 Å². The molecule has 0 saturated heterocycles. The van der Waals surface area contributed by atoms with Crippen LogP contribution >= 0.6 is 0 Å². The minimum absolute atomic E-state index is 0.181. The fourth-order valence-corrected chi connectivity index (χ4v) is 2.05. The molecule has 0 aliphatic heterocycles. The summed E-state index contributed by atoms with van der Waals surface area (Å²) in [6.45, 7) is -0.574. The number of aryl methyl sites for hydroxylation is 2. The molecule has 1 aromatic carbocycles. The van der Waals surface area contributed by atoms with E-state index in [0.29, 0.717) is 0 Å². The van der Waals surface area contributed by atoms with Gasteiger partial charge in [0.05, 0.1) is 0 Å². The summed E-state index contributed by atoms with van der Waals surface area (Å²) in [6, 6.07) is 7.13. The zero-order chi connectivity index (χ0) is 16.1. The molecule has 7 nitrogen and oxygen atoms in total.